The molecule has 1 saturated carbocycles. The Morgan fingerprint density at radius 2 is 1.95 bits per heavy atom. The first kappa shape index (κ1) is 15.3. The molecular formula is C15H24O5. The maximum atomic E-state index is 12.1. The van der Waals surface area contributed by atoms with Gasteiger partial charge in [-0.25, -0.2) is 4.79 Å². The van der Waals surface area contributed by atoms with Gasteiger partial charge in [0.1, 0.15) is 22.5 Å². The van der Waals surface area contributed by atoms with Crippen molar-refractivity contribution in [2.24, 2.45) is 5.41 Å². The van der Waals surface area contributed by atoms with Crippen LogP contribution < -0.4 is 0 Å². The summed E-state index contributed by atoms with van der Waals surface area (Å²) in [6.07, 6.45) is 0.0188. The average Bonchev–Trinajstić information content (AvgIpc) is 2.47. The van der Waals surface area contributed by atoms with Gasteiger partial charge in [0.05, 0.1) is 6.61 Å². The molecule has 1 heterocycles. The van der Waals surface area contributed by atoms with Crippen molar-refractivity contribution in [3.05, 3.63) is 11.3 Å². The van der Waals surface area contributed by atoms with Gasteiger partial charge in [-0.15, -0.1) is 0 Å². The van der Waals surface area contributed by atoms with E-state index in [4.69, 9.17) is 9.47 Å². The van der Waals surface area contributed by atoms with Crippen molar-refractivity contribution in [1.29, 1.82) is 0 Å². The van der Waals surface area contributed by atoms with Crippen LogP contribution in [0.2, 0.25) is 0 Å². The summed E-state index contributed by atoms with van der Waals surface area (Å²) >= 11 is 0. The molecule has 0 bridgehead atoms. The fourth-order valence-corrected chi connectivity index (χ4v) is 3.97. The highest BCUT2D eigenvalue weighted by atomic mass is 16.6. The Morgan fingerprint density at radius 3 is 2.50 bits per heavy atom. The average molecular weight is 284 g/mol. The molecule has 0 amide bonds. The Balaban J connectivity index is 2.46. The molecule has 1 fully saturated rings. The van der Waals surface area contributed by atoms with Crippen LogP contribution in [0.5, 0.6) is 0 Å². The number of hydrogen-bond acceptors (Lipinski definition) is 5. The minimum Gasteiger partial charge on any atom is -0.488 e. The van der Waals surface area contributed by atoms with Crippen LogP contribution in [0.1, 0.15) is 47.5 Å². The topological polar surface area (TPSA) is 76.0 Å². The summed E-state index contributed by atoms with van der Waals surface area (Å²) in [4.78, 5) is 12.1. The Hall–Kier alpha value is -1.07. The van der Waals surface area contributed by atoms with Gasteiger partial charge in [0.15, 0.2) is 6.10 Å². The van der Waals surface area contributed by atoms with Gasteiger partial charge < -0.3 is 19.7 Å². The summed E-state index contributed by atoms with van der Waals surface area (Å²) in [7, 11) is 0. The van der Waals surface area contributed by atoms with E-state index in [0.29, 0.717) is 18.6 Å². The van der Waals surface area contributed by atoms with Crippen LogP contribution in [0.4, 0.5) is 0 Å². The zero-order chi connectivity index (χ0) is 15.3. The third-order valence-electron chi connectivity index (χ3n) is 4.14. The van der Waals surface area contributed by atoms with Crippen molar-refractivity contribution >= 4 is 5.97 Å². The summed E-state index contributed by atoms with van der Waals surface area (Å²) in [5.74, 6) is -0.225. The molecule has 3 atom stereocenters. The number of carbonyl (C=O) groups is 1. The van der Waals surface area contributed by atoms with Crippen molar-refractivity contribution < 1.29 is 24.5 Å². The molecule has 1 aliphatic carbocycles. The summed E-state index contributed by atoms with van der Waals surface area (Å²) in [6.45, 7) is 9.15. The van der Waals surface area contributed by atoms with E-state index in [1.807, 2.05) is 13.8 Å². The van der Waals surface area contributed by atoms with Crippen molar-refractivity contribution in [3.8, 4) is 0 Å². The molecular weight excluding hydrogens is 260 g/mol. The van der Waals surface area contributed by atoms with E-state index in [0.717, 1.165) is 0 Å². The van der Waals surface area contributed by atoms with Gasteiger partial charge in [0.25, 0.3) is 0 Å². The molecule has 0 saturated heterocycles. The maximum Gasteiger partial charge on any atom is 0.340 e. The number of aliphatic hydroxyl groups is 2. The molecule has 5 heteroatoms. The number of fused-ring (bicyclic) bond motifs is 1. The van der Waals surface area contributed by atoms with Crippen LogP contribution in [0.15, 0.2) is 11.3 Å². The quantitative estimate of drug-likeness (QED) is 0.752. The molecule has 0 radical (unpaired) electrons. The van der Waals surface area contributed by atoms with Gasteiger partial charge >= 0.3 is 5.97 Å². The third kappa shape index (κ3) is 2.23. The Kier molecular flexibility index (Phi) is 3.42. The van der Waals surface area contributed by atoms with E-state index < -0.39 is 23.3 Å². The molecule has 0 aromatic heterocycles. The zero-order valence-electron chi connectivity index (χ0n) is 12.8. The fourth-order valence-electron chi connectivity index (χ4n) is 3.97. The SMILES string of the molecule is CCOC(=O)C1=C(C)OC2[C@@]1(O)CC(C)(C)C[C@@]2(C)O. The second kappa shape index (κ2) is 4.46. The summed E-state index contributed by atoms with van der Waals surface area (Å²) in [5.41, 5.74) is -2.86. The summed E-state index contributed by atoms with van der Waals surface area (Å²) in [5, 5.41) is 21.7. The van der Waals surface area contributed by atoms with Crippen LogP contribution >= 0.6 is 0 Å². The molecule has 1 unspecified atom stereocenters. The molecule has 0 aromatic rings. The number of carbonyl (C=O) groups excluding carboxylic acids is 1. The van der Waals surface area contributed by atoms with Crippen molar-refractivity contribution in [2.45, 2.75) is 64.8 Å². The van der Waals surface area contributed by atoms with Crippen molar-refractivity contribution in [3.63, 3.8) is 0 Å². The largest absolute Gasteiger partial charge is 0.488 e. The minimum absolute atomic E-state index is 0.150. The highest BCUT2D eigenvalue weighted by molar-refractivity contribution is 5.92. The molecule has 0 aromatic carbocycles. The first-order valence-corrected chi connectivity index (χ1v) is 7.03. The van der Waals surface area contributed by atoms with Crippen LogP contribution in [0, 0.1) is 5.41 Å². The Labute approximate surface area is 119 Å². The van der Waals surface area contributed by atoms with E-state index in [1.54, 1.807) is 20.8 Å². The Morgan fingerprint density at radius 1 is 1.35 bits per heavy atom. The smallest absolute Gasteiger partial charge is 0.340 e. The summed E-state index contributed by atoms with van der Waals surface area (Å²) in [6, 6.07) is 0. The van der Waals surface area contributed by atoms with E-state index in [2.05, 4.69) is 0 Å². The predicted molar refractivity (Wildman–Crippen MR) is 72.8 cm³/mol. The highest BCUT2D eigenvalue weighted by Gasteiger charge is 2.64. The Bertz CT molecular complexity index is 463. The maximum absolute atomic E-state index is 12.1. The van der Waals surface area contributed by atoms with Crippen molar-refractivity contribution in [2.75, 3.05) is 6.61 Å². The predicted octanol–water partition coefficient (Wildman–Crippen LogP) is 1.52. The third-order valence-corrected chi connectivity index (χ3v) is 4.14. The van der Waals surface area contributed by atoms with Crippen LogP contribution in [-0.2, 0) is 14.3 Å². The molecule has 0 spiro atoms. The standard InChI is InChI=1S/C15H24O5/c1-6-19-11(16)10-9(2)20-12-14(5,17)7-13(3,4)8-15(10,12)18/h12,17-18H,6-8H2,1-5H3/t12?,14-,15-/m1/s1. The monoisotopic (exact) mass is 284 g/mol. The normalized spacial score (nSPS) is 39.2. The molecule has 20 heavy (non-hydrogen) atoms. The number of ether oxygens (including phenoxy) is 2. The van der Waals surface area contributed by atoms with E-state index >= 15 is 0 Å². The lowest BCUT2D eigenvalue weighted by Gasteiger charge is -2.50. The van der Waals surface area contributed by atoms with Crippen LogP contribution in [0.25, 0.3) is 0 Å². The van der Waals surface area contributed by atoms with Gasteiger partial charge in [-0.2, -0.15) is 0 Å². The first-order valence-electron chi connectivity index (χ1n) is 7.03. The number of rotatable bonds is 2. The lowest BCUT2D eigenvalue weighted by Crippen LogP contribution is -2.62. The second-order valence-corrected chi connectivity index (χ2v) is 6.95. The van der Waals surface area contributed by atoms with E-state index in [9.17, 15) is 15.0 Å². The molecule has 114 valence electrons. The van der Waals surface area contributed by atoms with E-state index in [1.165, 1.54) is 0 Å². The van der Waals surface area contributed by atoms with Gasteiger partial charge in [0.2, 0.25) is 0 Å². The number of hydrogen-bond donors (Lipinski definition) is 2. The lowest BCUT2D eigenvalue weighted by atomic mass is 9.61. The number of esters is 1. The lowest BCUT2D eigenvalue weighted by molar-refractivity contribution is -0.195. The van der Waals surface area contributed by atoms with Gasteiger partial charge in [-0.05, 0) is 39.0 Å². The van der Waals surface area contributed by atoms with Crippen LogP contribution in [-0.4, -0.2) is 40.1 Å². The minimum atomic E-state index is -1.50. The molecule has 2 aliphatic rings. The highest BCUT2D eigenvalue weighted by Crippen LogP contribution is 2.54. The van der Waals surface area contributed by atoms with Gasteiger partial charge in [0, 0.05) is 0 Å². The van der Waals surface area contributed by atoms with Gasteiger partial charge in [-0.1, -0.05) is 13.8 Å². The molecule has 2 rings (SSSR count). The van der Waals surface area contributed by atoms with Crippen molar-refractivity contribution in [1.82, 2.24) is 0 Å². The molecule has 2 N–H and O–H groups in total. The zero-order valence-corrected chi connectivity index (χ0v) is 12.8. The summed E-state index contributed by atoms with van der Waals surface area (Å²) < 4.78 is 10.7. The molecule has 5 nitrogen and oxygen atoms in total. The first-order chi connectivity index (χ1) is 9.03. The second-order valence-electron chi connectivity index (χ2n) is 6.95. The number of allylic oxidation sites excluding steroid dienone is 1. The fraction of sp³-hybridized carbons (Fsp3) is 0.800. The van der Waals surface area contributed by atoms with Gasteiger partial charge in [-0.3, -0.25) is 0 Å². The van der Waals surface area contributed by atoms with Crippen LogP contribution in [0.3, 0.4) is 0 Å². The molecule has 1 aliphatic heterocycles. The van der Waals surface area contributed by atoms with E-state index in [-0.39, 0.29) is 17.6 Å².